The highest BCUT2D eigenvalue weighted by Crippen LogP contribution is 2.30. The van der Waals surface area contributed by atoms with Gasteiger partial charge in [0, 0.05) is 20.9 Å². The Morgan fingerprint density at radius 3 is 2.62 bits per heavy atom. The molecule has 0 aliphatic rings. The molecule has 0 saturated heterocycles. The molecule has 0 amide bonds. The van der Waals surface area contributed by atoms with Crippen molar-refractivity contribution >= 4 is 49.8 Å². The number of hydrogen-bond acceptors (Lipinski definition) is 3. The molecule has 0 atom stereocenters. The van der Waals surface area contributed by atoms with Gasteiger partial charge < -0.3 is 5.32 Å². The molecule has 0 fully saturated rings. The summed E-state index contributed by atoms with van der Waals surface area (Å²) in [4.78, 5) is 0. The average molecular weight is 363 g/mol. The molecule has 2 aromatic carbocycles. The number of anilines is 2. The minimum Gasteiger partial charge on any atom is -0.338 e. The molecule has 0 radical (unpaired) electrons. The molecule has 3 aromatic rings. The molecule has 0 aliphatic carbocycles. The molecule has 1 heterocycles. The summed E-state index contributed by atoms with van der Waals surface area (Å²) in [6, 6.07) is 14.0. The maximum absolute atomic E-state index is 6.10. The molecule has 0 saturated carbocycles. The van der Waals surface area contributed by atoms with E-state index < -0.39 is 0 Å². The zero-order chi connectivity index (χ0) is 14.8. The SMILES string of the molecule is CCc1cc(Br)ccc1Nc1nnc(Cl)c2ccccc12. The molecular formula is C16H13BrClN3. The predicted octanol–water partition coefficient (Wildman–Crippen LogP) is 5.35. The highest BCUT2D eigenvalue weighted by atomic mass is 79.9. The fraction of sp³-hybridized carbons (Fsp3) is 0.125. The van der Waals surface area contributed by atoms with Gasteiger partial charge in [0.05, 0.1) is 0 Å². The van der Waals surface area contributed by atoms with Crippen LogP contribution in [0.4, 0.5) is 11.5 Å². The maximum Gasteiger partial charge on any atom is 0.161 e. The van der Waals surface area contributed by atoms with Gasteiger partial charge in [-0.2, -0.15) is 0 Å². The molecule has 5 heteroatoms. The summed E-state index contributed by atoms with van der Waals surface area (Å²) in [5, 5.41) is 13.9. The highest BCUT2D eigenvalue weighted by molar-refractivity contribution is 9.10. The van der Waals surface area contributed by atoms with E-state index in [4.69, 9.17) is 11.6 Å². The second-order valence-corrected chi connectivity index (χ2v) is 5.94. The first-order valence-corrected chi connectivity index (χ1v) is 7.82. The number of aryl methyl sites for hydroxylation is 1. The molecule has 1 N–H and O–H groups in total. The van der Waals surface area contributed by atoms with E-state index in [1.54, 1.807) is 0 Å². The van der Waals surface area contributed by atoms with Gasteiger partial charge in [-0.1, -0.05) is 58.7 Å². The quantitative estimate of drug-likeness (QED) is 0.682. The van der Waals surface area contributed by atoms with Crippen LogP contribution in [0.3, 0.4) is 0 Å². The Kier molecular flexibility index (Phi) is 4.08. The van der Waals surface area contributed by atoms with Crippen molar-refractivity contribution in [2.75, 3.05) is 5.32 Å². The molecule has 3 rings (SSSR count). The second kappa shape index (κ2) is 6.00. The van der Waals surface area contributed by atoms with Crippen LogP contribution in [0, 0.1) is 0 Å². The third-order valence-corrected chi connectivity index (χ3v) is 4.12. The number of benzene rings is 2. The van der Waals surface area contributed by atoms with Gasteiger partial charge in [-0.3, -0.25) is 0 Å². The van der Waals surface area contributed by atoms with Crippen molar-refractivity contribution in [3.63, 3.8) is 0 Å². The monoisotopic (exact) mass is 361 g/mol. The Hall–Kier alpha value is -1.65. The lowest BCUT2D eigenvalue weighted by Crippen LogP contribution is -2.00. The predicted molar refractivity (Wildman–Crippen MR) is 91.4 cm³/mol. The molecule has 1 aromatic heterocycles. The number of rotatable bonds is 3. The van der Waals surface area contributed by atoms with E-state index in [-0.39, 0.29) is 0 Å². The number of nitrogens with one attached hydrogen (secondary N) is 1. The molecule has 21 heavy (non-hydrogen) atoms. The van der Waals surface area contributed by atoms with Crippen LogP contribution in [-0.2, 0) is 6.42 Å². The van der Waals surface area contributed by atoms with Gasteiger partial charge in [0.25, 0.3) is 0 Å². The molecule has 0 unspecified atom stereocenters. The van der Waals surface area contributed by atoms with E-state index in [9.17, 15) is 0 Å². The normalized spacial score (nSPS) is 10.8. The molecule has 0 aliphatic heterocycles. The van der Waals surface area contributed by atoms with Crippen molar-refractivity contribution in [1.82, 2.24) is 10.2 Å². The Balaban J connectivity index is 2.09. The summed E-state index contributed by atoms with van der Waals surface area (Å²) in [5.74, 6) is 0.715. The topological polar surface area (TPSA) is 37.8 Å². The largest absolute Gasteiger partial charge is 0.338 e. The zero-order valence-corrected chi connectivity index (χ0v) is 13.7. The van der Waals surface area contributed by atoms with Crippen molar-refractivity contribution in [2.45, 2.75) is 13.3 Å². The highest BCUT2D eigenvalue weighted by Gasteiger charge is 2.09. The molecule has 106 valence electrons. The van der Waals surface area contributed by atoms with Gasteiger partial charge in [-0.25, -0.2) is 0 Å². The number of aromatic nitrogens is 2. The van der Waals surface area contributed by atoms with Gasteiger partial charge in [0.1, 0.15) is 0 Å². The minimum absolute atomic E-state index is 0.419. The van der Waals surface area contributed by atoms with Gasteiger partial charge in [0.2, 0.25) is 0 Å². The summed E-state index contributed by atoms with van der Waals surface area (Å²) < 4.78 is 1.07. The van der Waals surface area contributed by atoms with Crippen LogP contribution in [0.15, 0.2) is 46.9 Å². The Morgan fingerprint density at radius 1 is 1.10 bits per heavy atom. The Bertz CT molecular complexity index is 805. The molecule has 0 bridgehead atoms. The molecule has 0 spiro atoms. The van der Waals surface area contributed by atoms with E-state index in [1.807, 2.05) is 36.4 Å². The Labute approximate surface area is 136 Å². The Morgan fingerprint density at radius 2 is 1.86 bits per heavy atom. The van der Waals surface area contributed by atoms with Crippen molar-refractivity contribution < 1.29 is 0 Å². The van der Waals surface area contributed by atoms with Crippen molar-refractivity contribution in [3.8, 4) is 0 Å². The number of fused-ring (bicyclic) bond motifs is 1. The van der Waals surface area contributed by atoms with Crippen molar-refractivity contribution in [1.29, 1.82) is 0 Å². The number of nitrogens with zero attached hydrogens (tertiary/aromatic N) is 2. The van der Waals surface area contributed by atoms with Crippen LogP contribution in [0.1, 0.15) is 12.5 Å². The van der Waals surface area contributed by atoms with Crippen LogP contribution in [0.25, 0.3) is 10.8 Å². The standard InChI is InChI=1S/C16H13BrClN3/c1-2-10-9-11(17)7-8-14(10)19-16-13-6-4-3-5-12(13)15(18)20-21-16/h3-9H,2H2,1H3,(H,19,21). The average Bonchev–Trinajstić information content (AvgIpc) is 2.52. The lowest BCUT2D eigenvalue weighted by atomic mass is 10.1. The first kappa shape index (κ1) is 14.3. The fourth-order valence-corrected chi connectivity index (χ4v) is 2.88. The summed E-state index contributed by atoms with van der Waals surface area (Å²) in [5.41, 5.74) is 2.24. The van der Waals surface area contributed by atoms with Crippen molar-refractivity contribution in [2.24, 2.45) is 0 Å². The lowest BCUT2D eigenvalue weighted by Gasteiger charge is -2.12. The van der Waals surface area contributed by atoms with Gasteiger partial charge in [-0.05, 0) is 30.2 Å². The lowest BCUT2D eigenvalue weighted by molar-refractivity contribution is 1.05. The number of halogens is 2. The van der Waals surface area contributed by atoms with E-state index >= 15 is 0 Å². The third kappa shape index (κ3) is 2.87. The summed E-state index contributed by atoms with van der Waals surface area (Å²) in [6.45, 7) is 2.12. The van der Waals surface area contributed by atoms with E-state index in [2.05, 4.69) is 44.4 Å². The van der Waals surface area contributed by atoms with Crippen LogP contribution < -0.4 is 5.32 Å². The van der Waals surface area contributed by atoms with Crippen LogP contribution in [0.2, 0.25) is 5.15 Å². The zero-order valence-electron chi connectivity index (χ0n) is 11.4. The first-order valence-electron chi connectivity index (χ1n) is 6.65. The number of hydrogen-bond donors (Lipinski definition) is 1. The fourth-order valence-electron chi connectivity index (χ4n) is 2.27. The maximum atomic E-state index is 6.10. The van der Waals surface area contributed by atoms with Crippen LogP contribution >= 0.6 is 27.5 Å². The molecule has 3 nitrogen and oxygen atoms in total. The first-order chi connectivity index (χ1) is 10.2. The summed E-state index contributed by atoms with van der Waals surface area (Å²) in [6.07, 6.45) is 0.931. The summed E-state index contributed by atoms with van der Waals surface area (Å²) >= 11 is 9.60. The van der Waals surface area contributed by atoms with Crippen LogP contribution in [-0.4, -0.2) is 10.2 Å². The van der Waals surface area contributed by atoms with E-state index in [0.717, 1.165) is 27.4 Å². The van der Waals surface area contributed by atoms with E-state index in [0.29, 0.717) is 11.0 Å². The van der Waals surface area contributed by atoms with Crippen LogP contribution in [0.5, 0.6) is 0 Å². The van der Waals surface area contributed by atoms with Gasteiger partial charge >= 0.3 is 0 Å². The second-order valence-electron chi connectivity index (χ2n) is 4.67. The van der Waals surface area contributed by atoms with Gasteiger partial charge in [0.15, 0.2) is 11.0 Å². The molecular weight excluding hydrogens is 350 g/mol. The van der Waals surface area contributed by atoms with E-state index in [1.165, 1.54) is 5.56 Å². The summed E-state index contributed by atoms with van der Waals surface area (Å²) in [7, 11) is 0. The third-order valence-electron chi connectivity index (χ3n) is 3.34. The smallest absolute Gasteiger partial charge is 0.161 e. The minimum atomic E-state index is 0.419. The van der Waals surface area contributed by atoms with Gasteiger partial charge in [-0.15, -0.1) is 10.2 Å². The van der Waals surface area contributed by atoms with Crippen molar-refractivity contribution in [3.05, 3.63) is 57.7 Å².